The normalized spacial score (nSPS) is 23.4. The number of nitrogens with zero attached hydrogens (tertiary/aromatic N) is 1. The van der Waals surface area contributed by atoms with Crippen molar-refractivity contribution < 1.29 is 4.92 Å². The van der Waals surface area contributed by atoms with Crippen LogP contribution in [0.5, 0.6) is 0 Å². The van der Waals surface area contributed by atoms with Crippen LogP contribution in [-0.2, 0) is 6.54 Å². The lowest BCUT2D eigenvalue weighted by atomic mass is 10.2. The maximum atomic E-state index is 10.6. The van der Waals surface area contributed by atoms with Crippen LogP contribution >= 0.6 is 23.1 Å². The van der Waals surface area contributed by atoms with Gasteiger partial charge in [0.15, 0.2) is 0 Å². The molecule has 4 nitrogen and oxygen atoms in total. The van der Waals surface area contributed by atoms with Gasteiger partial charge >= 0.3 is 5.00 Å². The Bertz CT molecular complexity index is 409. The van der Waals surface area contributed by atoms with E-state index >= 15 is 0 Å². The monoisotopic (exact) mass is 286 g/mol. The maximum Gasteiger partial charge on any atom is 0.324 e. The van der Waals surface area contributed by atoms with Gasteiger partial charge in [-0.2, -0.15) is 11.8 Å². The van der Waals surface area contributed by atoms with Crippen molar-refractivity contribution in [3.63, 3.8) is 0 Å². The summed E-state index contributed by atoms with van der Waals surface area (Å²) < 4.78 is 0. The minimum absolute atomic E-state index is 0.234. The molecular weight excluding hydrogens is 268 g/mol. The summed E-state index contributed by atoms with van der Waals surface area (Å²) in [4.78, 5) is 11.3. The molecule has 18 heavy (non-hydrogen) atoms. The standard InChI is InChI=1S/C12H18N2O2S2/c1-2-17-10-4-3-9(7-10)13-8-11-5-6-12(18-11)14(15)16/h5-6,9-10,13H,2-4,7-8H2,1H3. The van der Waals surface area contributed by atoms with Crippen molar-refractivity contribution in [2.75, 3.05) is 5.75 Å². The fourth-order valence-corrected chi connectivity index (χ4v) is 4.23. The fourth-order valence-electron chi connectivity index (χ4n) is 2.32. The molecule has 1 aromatic heterocycles. The summed E-state index contributed by atoms with van der Waals surface area (Å²) in [5.74, 6) is 1.19. The van der Waals surface area contributed by atoms with Crippen LogP contribution in [0.25, 0.3) is 0 Å². The van der Waals surface area contributed by atoms with Gasteiger partial charge in [0.25, 0.3) is 0 Å². The molecule has 1 N–H and O–H groups in total. The van der Waals surface area contributed by atoms with E-state index in [0.29, 0.717) is 6.04 Å². The largest absolute Gasteiger partial charge is 0.324 e. The highest BCUT2D eigenvalue weighted by atomic mass is 32.2. The van der Waals surface area contributed by atoms with Gasteiger partial charge in [0.1, 0.15) is 0 Å². The highest BCUT2D eigenvalue weighted by Gasteiger charge is 2.24. The molecule has 1 aliphatic rings. The van der Waals surface area contributed by atoms with E-state index in [2.05, 4.69) is 12.2 Å². The molecule has 0 spiro atoms. The molecule has 0 saturated heterocycles. The Morgan fingerprint density at radius 1 is 1.56 bits per heavy atom. The third-order valence-electron chi connectivity index (χ3n) is 3.18. The minimum atomic E-state index is -0.322. The van der Waals surface area contributed by atoms with Crippen LogP contribution in [-0.4, -0.2) is 22.0 Å². The molecular formula is C12H18N2O2S2. The molecule has 0 bridgehead atoms. The van der Waals surface area contributed by atoms with Gasteiger partial charge in [-0.15, -0.1) is 0 Å². The van der Waals surface area contributed by atoms with Gasteiger partial charge in [-0.05, 0) is 31.1 Å². The first kappa shape index (κ1) is 13.8. The summed E-state index contributed by atoms with van der Waals surface area (Å²) in [5.41, 5.74) is 0. The minimum Gasteiger partial charge on any atom is -0.309 e. The summed E-state index contributed by atoms with van der Waals surface area (Å²) in [6.45, 7) is 2.96. The second-order valence-corrected chi connectivity index (χ2v) is 7.19. The third-order valence-corrected chi connectivity index (χ3v) is 5.45. The van der Waals surface area contributed by atoms with Crippen molar-refractivity contribution in [1.82, 2.24) is 5.32 Å². The first-order valence-corrected chi connectivity index (χ1v) is 8.13. The van der Waals surface area contributed by atoms with Gasteiger partial charge in [0.2, 0.25) is 0 Å². The van der Waals surface area contributed by atoms with E-state index < -0.39 is 0 Å². The number of nitro groups is 1. The van der Waals surface area contributed by atoms with Crippen LogP contribution < -0.4 is 5.32 Å². The fraction of sp³-hybridized carbons (Fsp3) is 0.667. The Morgan fingerprint density at radius 2 is 2.39 bits per heavy atom. The van der Waals surface area contributed by atoms with Crippen molar-refractivity contribution in [2.45, 2.75) is 44.0 Å². The average Bonchev–Trinajstić information content (AvgIpc) is 2.95. The van der Waals surface area contributed by atoms with Gasteiger partial charge in [-0.1, -0.05) is 18.3 Å². The number of nitrogens with one attached hydrogen (secondary N) is 1. The Kier molecular flexibility index (Phi) is 5.03. The molecule has 6 heteroatoms. The molecule has 0 aromatic carbocycles. The Labute approximate surface area is 115 Å². The third kappa shape index (κ3) is 3.70. The zero-order chi connectivity index (χ0) is 13.0. The summed E-state index contributed by atoms with van der Waals surface area (Å²) in [6, 6.07) is 4.02. The quantitative estimate of drug-likeness (QED) is 0.643. The lowest BCUT2D eigenvalue weighted by Gasteiger charge is -2.11. The molecule has 2 atom stereocenters. The van der Waals surface area contributed by atoms with Crippen LogP contribution in [0.2, 0.25) is 0 Å². The highest BCUT2D eigenvalue weighted by molar-refractivity contribution is 7.99. The number of hydrogen-bond donors (Lipinski definition) is 1. The Morgan fingerprint density at radius 3 is 3.06 bits per heavy atom. The molecule has 1 aromatic rings. The molecule has 1 fully saturated rings. The summed E-state index contributed by atoms with van der Waals surface area (Å²) in [6.07, 6.45) is 3.75. The van der Waals surface area contributed by atoms with Gasteiger partial charge < -0.3 is 5.32 Å². The molecule has 2 unspecified atom stereocenters. The van der Waals surface area contributed by atoms with E-state index in [1.54, 1.807) is 6.07 Å². The van der Waals surface area contributed by atoms with Crippen LogP contribution in [0, 0.1) is 10.1 Å². The van der Waals surface area contributed by atoms with Crippen molar-refractivity contribution in [2.24, 2.45) is 0 Å². The lowest BCUT2D eigenvalue weighted by molar-refractivity contribution is -0.380. The topological polar surface area (TPSA) is 55.2 Å². The van der Waals surface area contributed by atoms with Crippen LogP contribution in [0.1, 0.15) is 31.1 Å². The molecule has 0 amide bonds. The second kappa shape index (κ2) is 6.54. The van der Waals surface area contributed by atoms with Crippen LogP contribution in [0.4, 0.5) is 5.00 Å². The second-order valence-electron chi connectivity index (χ2n) is 4.47. The number of thiophene rings is 1. The predicted molar refractivity (Wildman–Crippen MR) is 77.4 cm³/mol. The molecule has 0 radical (unpaired) electrons. The van der Waals surface area contributed by atoms with Crippen molar-refractivity contribution in [3.8, 4) is 0 Å². The summed E-state index contributed by atoms with van der Waals surface area (Å²) in [5, 5.41) is 15.1. The molecule has 2 rings (SSSR count). The van der Waals surface area contributed by atoms with E-state index in [-0.39, 0.29) is 9.92 Å². The smallest absolute Gasteiger partial charge is 0.309 e. The number of hydrogen-bond acceptors (Lipinski definition) is 5. The molecule has 1 aliphatic carbocycles. The van der Waals surface area contributed by atoms with E-state index in [0.717, 1.165) is 16.7 Å². The molecule has 1 heterocycles. The van der Waals surface area contributed by atoms with Gasteiger partial charge in [0.05, 0.1) is 4.92 Å². The van der Waals surface area contributed by atoms with E-state index in [9.17, 15) is 10.1 Å². The lowest BCUT2D eigenvalue weighted by Crippen LogP contribution is -2.25. The van der Waals surface area contributed by atoms with E-state index in [1.807, 2.05) is 17.8 Å². The van der Waals surface area contributed by atoms with Crippen LogP contribution in [0.15, 0.2) is 12.1 Å². The first-order valence-electron chi connectivity index (χ1n) is 6.27. The SMILES string of the molecule is CCSC1CCC(NCc2ccc([N+](=O)[O-])s2)C1. The van der Waals surface area contributed by atoms with E-state index in [4.69, 9.17) is 0 Å². The Balaban J connectivity index is 1.76. The number of rotatable bonds is 6. The summed E-state index contributed by atoms with van der Waals surface area (Å²) >= 11 is 3.31. The Hall–Kier alpha value is -0.590. The van der Waals surface area contributed by atoms with Crippen molar-refractivity contribution >= 4 is 28.1 Å². The van der Waals surface area contributed by atoms with E-state index in [1.165, 1.54) is 36.4 Å². The highest BCUT2D eigenvalue weighted by Crippen LogP contribution is 2.30. The van der Waals surface area contributed by atoms with Crippen molar-refractivity contribution in [1.29, 1.82) is 0 Å². The van der Waals surface area contributed by atoms with Crippen molar-refractivity contribution in [3.05, 3.63) is 27.1 Å². The zero-order valence-corrected chi connectivity index (χ0v) is 12.1. The van der Waals surface area contributed by atoms with Crippen LogP contribution in [0.3, 0.4) is 0 Å². The predicted octanol–water partition coefficient (Wildman–Crippen LogP) is 3.42. The first-order chi connectivity index (χ1) is 8.69. The molecule has 0 aliphatic heterocycles. The summed E-state index contributed by atoms with van der Waals surface area (Å²) in [7, 11) is 0. The van der Waals surface area contributed by atoms with Gasteiger partial charge in [0, 0.05) is 28.8 Å². The average molecular weight is 286 g/mol. The van der Waals surface area contributed by atoms with Gasteiger partial charge in [-0.3, -0.25) is 10.1 Å². The molecule has 100 valence electrons. The van der Waals surface area contributed by atoms with Gasteiger partial charge in [-0.25, -0.2) is 0 Å². The number of thioether (sulfide) groups is 1. The molecule has 1 saturated carbocycles. The zero-order valence-electron chi connectivity index (χ0n) is 10.4. The maximum absolute atomic E-state index is 10.6.